The lowest BCUT2D eigenvalue weighted by atomic mass is 9.88. The summed E-state index contributed by atoms with van der Waals surface area (Å²) in [5.41, 5.74) is 0.437. The van der Waals surface area contributed by atoms with Gasteiger partial charge in [0, 0.05) is 6.92 Å². The van der Waals surface area contributed by atoms with Crippen molar-refractivity contribution in [2.75, 3.05) is 13.2 Å². The molecule has 0 spiro atoms. The highest BCUT2D eigenvalue weighted by Gasteiger charge is 2.49. The number of nitrogens with one attached hydrogen (secondary N) is 1. The third kappa shape index (κ3) is 8.72. The Morgan fingerprint density at radius 1 is 0.806 bits per heavy atom. The zero-order chi connectivity index (χ0) is 23.1. The molecule has 0 fully saturated rings. The second kappa shape index (κ2) is 14.6. The van der Waals surface area contributed by atoms with E-state index in [2.05, 4.69) is 18.3 Å². The van der Waals surface area contributed by atoms with E-state index in [-0.39, 0.29) is 19.6 Å². The van der Waals surface area contributed by atoms with E-state index in [0.717, 1.165) is 18.4 Å². The predicted octanol–water partition coefficient (Wildman–Crippen LogP) is 4.52. The highest BCUT2D eigenvalue weighted by atomic mass is 16.6. The van der Waals surface area contributed by atoms with Gasteiger partial charge in [-0.2, -0.15) is 0 Å². The summed E-state index contributed by atoms with van der Waals surface area (Å²) in [7, 11) is 0. The molecule has 31 heavy (non-hydrogen) atoms. The molecule has 174 valence electrons. The maximum absolute atomic E-state index is 12.8. The minimum atomic E-state index is -1.84. The van der Waals surface area contributed by atoms with Crippen LogP contribution in [0.2, 0.25) is 0 Å². The topological polar surface area (TPSA) is 81.7 Å². The SMILES string of the molecule is CCCCCCCCc1ccccc1CCC(NC(C)=O)(C(=O)OCC)C(=O)OCC. The number of benzene rings is 1. The van der Waals surface area contributed by atoms with Crippen molar-refractivity contribution < 1.29 is 23.9 Å². The van der Waals surface area contributed by atoms with Crippen LogP contribution in [-0.2, 0) is 36.7 Å². The molecule has 1 N–H and O–H groups in total. The molecule has 0 aliphatic rings. The molecule has 0 aromatic heterocycles. The van der Waals surface area contributed by atoms with Gasteiger partial charge in [0.15, 0.2) is 0 Å². The van der Waals surface area contributed by atoms with Gasteiger partial charge in [-0.25, -0.2) is 9.59 Å². The number of hydrogen-bond acceptors (Lipinski definition) is 5. The lowest BCUT2D eigenvalue weighted by Crippen LogP contribution is -2.61. The van der Waals surface area contributed by atoms with E-state index in [9.17, 15) is 14.4 Å². The average Bonchev–Trinajstić information content (AvgIpc) is 2.74. The van der Waals surface area contributed by atoms with Crippen LogP contribution >= 0.6 is 0 Å². The molecule has 1 aromatic carbocycles. The lowest BCUT2D eigenvalue weighted by Gasteiger charge is -2.30. The Labute approximate surface area is 187 Å². The summed E-state index contributed by atoms with van der Waals surface area (Å²) < 4.78 is 10.3. The zero-order valence-corrected chi connectivity index (χ0v) is 19.6. The third-order valence-electron chi connectivity index (χ3n) is 5.32. The Morgan fingerprint density at radius 3 is 1.84 bits per heavy atom. The third-order valence-corrected chi connectivity index (χ3v) is 5.32. The Bertz CT molecular complexity index is 683. The Balaban J connectivity index is 2.97. The molecule has 0 aliphatic carbocycles. The molecule has 0 saturated carbocycles. The molecule has 1 aromatic rings. The summed E-state index contributed by atoms with van der Waals surface area (Å²) in [5, 5.41) is 2.54. The van der Waals surface area contributed by atoms with E-state index in [1.165, 1.54) is 44.6 Å². The number of unbranched alkanes of at least 4 members (excludes halogenated alkanes) is 5. The van der Waals surface area contributed by atoms with Crippen molar-refractivity contribution in [3.05, 3.63) is 35.4 Å². The monoisotopic (exact) mass is 433 g/mol. The molecule has 6 heteroatoms. The fourth-order valence-corrected chi connectivity index (χ4v) is 3.72. The molecular formula is C25H39NO5. The van der Waals surface area contributed by atoms with Crippen LogP contribution in [0.4, 0.5) is 0 Å². The Kier molecular flexibility index (Phi) is 12.6. The van der Waals surface area contributed by atoms with Crippen LogP contribution in [0, 0.1) is 0 Å². The number of esters is 2. The predicted molar refractivity (Wildman–Crippen MR) is 122 cm³/mol. The van der Waals surface area contributed by atoms with Crippen LogP contribution in [0.5, 0.6) is 0 Å². The first-order chi connectivity index (χ1) is 14.9. The van der Waals surface area contributed by atoms with Gasteiger partial charge in [0.2, 0.25) is 11.4 Å². The van der Waals surface area contributed by atoms with Crippen molar-refractivity contribution in [3.8, 4) is 0 Å². The second-order valence-corrected chi connectivity index (χ2v) is 7.81. The summed E-state index contributed by atoms with van der Waals surface area (Å²) in [6.45, 7) is 7.03. The standard InChI is InChI=1S/C25H39NO5/c1-5-8-9-10-11-12-15-21-16-13-14-17-22(21)18-19-25(26-20(4)27,23(28)30-6-2)24(29)31-7-3/h13-14,16-17H,5-12,15,18-19H2,1-4H3,(H,26,27). The molecule has 0 saturated heterocycles. The number of hydrogen-bond donors (Lipinski definition) is 1. The normalized spacial score (nSPS) is 11.1. The van der Waals surface area contributed by atoms with E-state index in [4.69, 9.17) is 9.47 Å². The number of carbonyl (C=O) groups excluding carboxylic acids is 3. The largest absolute Gasteiger partial charge is 0.464 e. The molecule has 0 bridgehead atoms. The van der Waals surface area contributed by atoms with Gasteiger partial charge in [0.25, 0.3) is 0 Å². The van der Waals surface area contributed by atoms with E-state index in [1.807, 2.05) is 18.2 Å². The van der Waals surface area contributed by atoms with Gasteiger partial charge >= 0.3 is 11.9 Å². The quantitative estimate of drug-likeness (QED) is 0.250. The summed E-state index contributed by atoms with van der Waals surface area (Å²) in [6.07, 6.45) is 8.81. The van der Waals surface area contributed by atoms with Gasteiger partial charge in [-0.1, -0.05) is 63.3 Å². The Hall–Kier alpha value is -2.37. The number of amides is 1. The van der Waals surface area contributed by atoms with Gasteiger partial charge < -0.3 is 14.8 Å². The zero-order valence-electron chi connectivity index (χ0n) is 19.6. The van der Waals surface area contributed by atoms with Gasteiger partial charge in [-0.15, -0.1) is 0 Å². The fourth-order valence-electron chi connectivity index (χ4n) is 3.72. The van der Waals surface area contributed by atoms with Crippen LogP contribution in [0.15, 0.2) is 24.3 Å². The van der Waals surface area contributed by atoms with Crippen molar-refractivity contribution in [3.63, 3.8) is 0 Å². The summed E-state index contributed by atoms with van der Waals surface area (Å²) in [5.74, 6) is -2.05. The first-order valence-corrected chi connectivity index (χ1v) is 11.6. The van der Waals surface area contributed by atoms with Gasteiger partial charge in [0.05, 0.1) is 13.2 Å². The van der Waals surface area contributed by atoms with E-state index in [1.54, 1.807) is 13.8 Å². The van der Waals surface area contributed by atoms with Crippen molar-refractivity contribution in [2.24, 2.45) is 0 Å². The second-order valence-electron chi connectivity index (χ2n) is 7.81. The fraction of sp³-hybridized carbons (Fsp3) is 0.640. The van der Waals surface area contributed by atoms with Crippen molar-refractivity contribution in [1.82, 2.24) is 5.32 Å². The first kappa shape index (κ1) is 26.7. The highest BCUT2D eigenvalue weighted by Crippen LogP contribution is 2.22. The molecule has 0 atom stereocenters. The van der Waals surface area contributed by atoms with Crippen molar-refractivity contribution in [1.29, 1.82) is 0 Å². The molecular weight excluding hydrogens is 394 g/mol. The Morgan fingerprint density at radius 2 is 1.32 bits per heavy atom. The number of rotatable bonds is 15. The number of ether oxygens (including phenoxy) is 2. The van der Waals surface area contributed by atoms with Crippen LogP contribution in [0.3, 0.4) is 0 Å². The summed E-state index contributed by atoms with van der Waals surface area (Å²) >= 11 is 0. The van der Waals surface area contributed by atoms with Crippen molar-refractivity contribution in [2.45, 2.75) is 91.0 Å². The summed E-state index contributed by atoms with van der Waals surface area (Å²) in [4.78, 5) is 37.4. The van der Waals surface area contributed by atoms with E-state index < -0.39 is 23.4 Å². The molecule has 1 amide bonds. The van der Waals surface area contributed by atoms with Gasteiger partial charge in [-0.05, 0) is 50.7 Å². The van der Waals surface area contributed by atoms with Crippen LogP contribution < -0.4 is 5.32 Å². The maximum atomic E-state index is 12.8. The number of aryl methyl sites for hydroxylation is 2. The van der Waals surface area contributed by atoms with Crippen LogP contribution in [-0.4, -0.2) is 36.6 Å². The van der Waals surface area contributed by atoms with Crippen molar-refractivity contribution >= 4 is 17.8 Å². The van der Waals surface area contributed by atoms with E-state index in [0.29, 0.717) is 6.42 Å². The molecule has 1 rings (SSSR count). The van der Waals surface area contributed by atoms with Crippen LogP contribution in [0.25, 0.3) is 0 Å². The molecule has 0 radical (unpaired) electrons. The van der Waals surface area contributed by atoms with Crippen LogP contribution in [0.1, 0.15) is 83.8 Å². The minimum absolute atomic E-state index is 0.0811. The molecule has 0 aliphatic heterocycles. The maximum Gasteiger partial charge on any atom is 0.343 e. The lowest BCUT2D eigenvalue weighted by molar-refractivity contribution is -0.168. The van der Waals surface area contributed by atoms with E-state index >= 15 is 0 Å². The molecule has 6 nitrogen and oxygen atoms in total. The van der Waals surface area contributed by atoms with Gasteiger partial charge in [0.1, 0.15) is 0 Å². The van der Waals surface area contributed by atoms with Gasteiger partial charge in [-0.3, -0.25) is 4.79 Å². The minimum Gasteiger partial charge on any atom is -0.464 e. The number of carbonyl (C=O) groups is 3. The summed E-state index contributed by atoms with van der Waals surface area (Å²) in [6, 6.07) is 8.07. The first-order valence-electron chi connectivity index (χ1n) is 11.6. The molecule has 0 heterocycles. The average molecular weight is 434 g/mol. The highest BCUT2D eigenvalue weighted by molar-refractivity contribution is 6.07. The smallest absolute Gasteiger partial charge is 0.343 e. The molecule has 0 unspecified atom stereocenters.